The van der Waals surface area contributed by atoms with Crippen molar-refractivity contribution in [2.75, 3.05) is 31.2 Å². The van der Waals surface area contributed by atoms with Crippen LogP contribution >= 0.6 is 11.3 Å². The van der Waals surface area contributed by atoms with Crippen LogP contribution in [0.3, 0.4) is 0 Å². The van der Waals surface area contributed by atoms with Crippen molar-refractivity contribution in [2.45, 2.75) is 18.9 Å². The number of rotatable bonds is 3. The van der Waals surface area contributed by atoms with Crippen LogP contribution in [0.1, 0.15) is 12.8 Å². The molecule has 1 saturated heterocycles. The third-order valence-corrected chi connectivity index (χ3v) is 5.44. The number of anilines is 2. The second-order valence-electron chi connectivity index (χ2n) is 6.14. The highest BCUT2D eigenvalue weighted by molar-refractivity contribution is 7.22. The smallest absolute Gasteiger partial charge is 0.126 e. The van der Waals surface area contributed by atoms with Crippen molar-refractivity contribution >= 4 is 33.1 Å². The summed E-state index contributed by atoms with van der Waals surface area (Å²) in [5.74, 6) is 0.554. The van der Waals surface area contributed by atoms with Crippen molar-refractivity contribution in [3.05, 3.63) is 24.4 Å². The fourth-order valence-electron chi connectivity index (χ4n) is 3.18. The van der Waals surface area contributed by atoms with Gasteiger partial charge in [-0.25, -0.2) is 4.98 Å². The van der Waals surface area contributed by atoms with E-state index in [4.69, 9.17) is 5.73 Å². The van der Waals surface area contributed by atoms with Crippen molar-refractivity contribution in [3.8, 4) is 10.6 Å². The molecule has 0 bridgehead atoms. The molecule has 0 spiro atoms. The number of thiophene rings is 1. The second kappa shape index (κ2) is 5.82. The number of hydrogen-bond acceptors (Lipinski definition) is 6. The molecule has 0 saturated carbocycles. The molecule has 1 unspecified atom stereocenters. The van der Waals surface area contributed by atoms with Gasteiger partial charge in [-0.3, -0.25) is 5.10 Å². The summed E-state index contributed by atoms with van der Waals surface area (Å²) in [6.07, 6.45) is 4.17. The molecule has 3 aromatic heterocycles. The fraction of sp³-hybridized carbons (Fsp3) is 0.375. The number of likely N-dealkylation sites (tertiary alicyclic amines) is 1. The van der Waals surface area contributed by atoms with Crippen LogP contribution in [-0.4, -0.2) is 46.3 Å². The maximum atomic E-state index is 6.01. The summed E-state index contributed by atoms with van der Waals surface area (Å²) in [5, 5.41) is 10.7. The number of aromatic amines is 1. The van der Waals surface area contributed by atoms with Crippen LogP contribution in [0, 0.1) is 0 Å². The first-order chi connectivity index (χ1) is 11.2. The summed E-state index contributed by atoms with van der Waals surface area (Å²) < 4.78 is 1.15. The standard InChI is InChI=1S/C16H20N6S/c1-22-6-2-3-10(9-22)19-13-8-15(17)20-12-7-14(23-16(12)13)11-4-5-18-21-11/h4-5,7-8,10H,2-3,6,9H2,1H3,(H,18,21)(H3,17,19,20). The van der Waals surface area contributed by atoms with Crippen LogP contribution in [0.2, 0.25) is 0 Å². The van der Waals surface area contributed by atoms with Gasteiger partial charge in [0.25, 0.3) is 0 Å². The molecule has 0 aromatic carbocycles. The van der Waals surface area contributed by atoms with Crippen LogP contribution in [0.5, 0.6) is 0 Å². The molecule has 7 heteroatoms. The Kier molecular flexibility index (Phi) is 3.66. The number of aromatic nitrogens is 3. The Bertz CT molecular complexity index is 809. The number of H-pyrrole nitrogens is 1. The zero-order chi connectivity index (χ0) is 15.8. The lowest BCUT2D eigenvalue weighted by atomic mass is 10.1. The van der Waals surface area contributed by atoms with E-state index >= 15 is 0 Å². The Morgan fingerprint density at radius 1 is 1.43 bits per heavy atom. The van der Waals surface area contributed by atoms with E-state index in [-0.39, 0.29) is 0 Å². The Balaban J connectivity index is 1.70. The Morgan fingerprint density at radius 2 is 2.35 bits per heavy atom. The molecular formula is C16H20N6S. The predicted molar refractivity (Wildman–Crippen MR) is 95.8 cm³/mol. The zero-order valence-corrected chi connectivity index (χ0v) is 13.9. The maximum Gasteiger partial charge on any atom is 0.126 e. The number of likely N-dealkylation sites (N-methyl/N-ethyl adjacent to an activating group) is 1. The first-order valence-electron chi connectivity index (χ1n) is 7.84. The topological polar surface area (TPSA) is 82.9 Å². The van der Waals surface area contributed by atoms with Gasteiger partial charge in [0.15, 0.2) is 0 Å². The summed E-state index contributed by atoms with van der Waals surface area (Å²) in [4.78, 5) is 7.97. The Labute approximate surface area is 138 Å². The van der Waals surface area contributed by atoms with Crippen LogP contribution < -0.4 is 11.1 Å². The van der Waals surface area contributed by atoms with Gasteiger partial charge in [-0.2, -0.15) is 5.10 Å². The Morgan fingerprint density at radius 3 is 3.13 bits per heavy atom. The second-order valence-corrected chi connectivity index (χ2v) is 7.19. The summed E-state index contributed by atoms with van der Waals surface area (Å²) in [5.41, 5.74) is 9.04. The highest BCUT2D eigenvalue weighted by atomic mass is 32.1. The Hall–Kier alpha value is -2.12. The van der Waals surface area contributed by atoms with Crippen LogP contribution in [0.4, 0.5) is 11.5 Å². The third kappa shape index (κ3) is 2.89. The molecule has 0 radical (unpaired) electrons. The maximum absolute atomic E-state index is 6.01. The van der Waals surface area contributed by atoms with Crippen molar-refractivity contribution in [1.82, 2.24) is 20.1 Å². The number of nitrogen functional groups attached to an aromatic ring is 1. The molecule has 1 atom stereocenters. The molecule has 1 aliphatic heterocycles. The lowest BCUT2D eigenvalue weighted by Gasteiger charge is -2.31. The molecule has 1 fully saturated rings. The molecule has 6 nitrogen and oxygen atoms in total. The SMILES string of the molecule is CN1CCCC(Nc2cc(N)nc3cc(-c4ccn[nH]4)sc23)C1. The van der Waals surface area contributed by atoms with E-state index in [0.717, 1.165) is 33.0 Å². The van der Waals surface area contributed by atoms with Gasteiger partial charge in [-0.15, -0.1) is 11.3 Å². The largest absolute Gasteiger partial charge is 0.384 e. The molecular weight excluding hydrogens is 308 g/mol. The minimum absolute atomic E-state index is 0.455. The highest BCUT2D eigenvalue weighted by Gasteiger charge is 2.19. The average molecular weight is 328 g/mol. The molecule has 3 aromatic rings. The number of piperidine rings is 1. The van der Waals surface area contributed by atoms with Gasteiger partial charge in [-0.05, 0) is 38.6 Å². The van der Waals surface area contributed by atoms with E-state index in [2.05, 4.69) is 38.5 Å². The molecule has 23 heavy (non-hydrogen) atoms. The van der Waals surface area contributed by atoms with Crippen molar-refractivity contribution in [1.29, 1.82) is 0 Å². The van der Waals surface area contributed by atoms with E-state index in [1.807, 2.05) is 12.1 Å². The monoisotopic (exact) mass is 328 g/mol. The van der Waals surface area contributed by atoms with E-state index in [0.29, 0.717) is 11.9 Å². The van der Waals surface area contributed by atoms with E-state index in [1.54, 1.807) is 17.5 Å². The molecule has 0 amide bonds. The zero-order valence-electron chi connectivity index (χ0n) is 13.0. The molecule has 4 rings (SSSR count). The van der Waals surface area contributed by atoms with Crippen LogP contribution in [0.25, 0.3) is 20.8 Å². The van der Waals surface area contributed by atoms with Gasteiger partial charge in [-0.1, -0.05) is 0 Å². The molecule has 1 aliphatic rings. The van der Waals surface area contributed by atoms with Gasteiger partial charge < -0.3 is 16.0 Å². The number of fused-ring (bicyclic) bond motifs is 1. The van der Waals surface area contributed by atoms with Gasteiger partial charge >= 0.3 is 0 Å². The van der Waals surface area contributed by atoms with Gasteiger partial charge in [0, 0.05) is 24.8 Å². The quantitative estimate of drug-likeness (QED) is 0.688. The minimum Gasteiger partial charge on any atom is -0.384 e. The molecule has 120 valence electrons. The van der Waals surface area contributed by atoms with Gasteiger partial charge in [0.05, 0.1) is 26.5 Å². The van der Waals surface area contributed by atoms with E-state index in [1.165, 1.54) is 19.4 Å². The van der Waals surface area contributed by atoms with Crippen LogP contribution in [-0.2, 0) is 0 Å². The first kappa shape index (κ1) is 14.5. The number of nitrogens with one attached hydrogen (secondary N) is 2. The summed E-state index contributed by atoms with van der Waals surface area (Å²) in [6.45, 7) is 2.23. The minimum atomic E-state index is 0.455. The van der Waals surface area contributed by atoms with E-state index < -0.39 is 0 Å². The number of hydrogen-bond donors (Lipinski definition) is 3. The summed E-state index contributed by atoms with van der Waals surface area (Å²) in [6, 6.07) is 6.44. The van der Waals surface area contributed by atoms with Crippen molar-refractivity contribution < 1.29 is 0 Å². The predicted octanol–water partition coefficient (Wildman–Crippen LogP) is 2.77. The molecule has 4 N–H and O–H groups in total. The fourth-order valence-corrected chi connectivity index (χ4v) is 4.23. The summed E-state index contributed by atoms with van der Waals surface area (Å²) >= 11 is 1.71. The number of nitrogens with zero attached hydrogens (tertiary/aromatic N) is 3. The van der Waals surface area contributed by atoms with Crippen LogP contribution in [0.15, 0.2) is 24.4 Å². The van der Waals surface area contributed by atoms with Crippen molar-refractivity contribution in [2.24, 2.45) is 0 Å². The number of nitrogens with two attached hydrogens (primary N) is 1. The van der Waals surface area contributed by atoms with Gasteiger partial charge in [0.1, 0.15) is 5.82 Å². The van der Waals surface area contributed by atoms with Crippen molar-refractivity contribution in [3.63, 3.8) is 0 Å². The average Bonchev–Trinajstić information content (AvgIpc) is 3.15. The van der Waals surface area contributed by atoms with E-state index in [9.17, 15) is 0 Å². The lowest BCUT2D eigenvalue weighted by molar-refractivity contribution is 0.261. The number of pyridine rings is 1. The summed E-state index contributed by atoms with van der Waals surface area (Å²) in [7, 11) is 2.17. The molecule has 4 heterocycles. The highest BCUT2D eigenvalue weighted by Crippen LogP contribution is 2.37. The molecule has 0 aliphatic carbocycles. The first-order valence-corrected chi connectivity index (χ1v) is 8.65. The third-order valence-electron chi connectivity index (χ3n) is 4.25. The van der Waals surface area contributed by atoms with Gasteiger partial charge in [0.2, 0.25) is 0 Å². The normalized spacial score (nSPS) is 19.3. The lowest BCUT2D eigenvalue weighted by Crippen LogP contribution is -2.39.